The first-order chi connectivity index (χ1) is 16.7. The van der Waals surface area contributed by atoms with Gasteiger partial charge >= 0.3 is 12.1 Å². The van der Waals surface area contributed by atoms with Crippen molar-refractivity contribution in [2.45, 2.75) is 115 Å². The van der Waals surface area contributed by atoms with Gasteiger partial charge in [0.15, 0.2) is 17.5 Å². The molecule has 3 rings (SSSR count). The van der Waals surface area contributed by atoms with Crippen LogP contribution < -0.4 is 11.1 Å². The molecule has 1 amide bonds. The number of halogens is 1. The van der Waals surface area contributed by atoms with Crippen molar-refractivity contribution in [3.63, 3.8) is 0 Å². The maximum Gasteiger partial charge on any atom is 0.404 e. The Bertz CT molecular complexity index is 985. The second-order valence-electron chi connectivity index (χ2n) is 13.3. The van der Waals surface area contributed by atoms with Gasteiger partial charge < -0.3 is 41.0 Å². The summed E-state index contributed by atoms with van der Waals surface area (Å²) >= 11 is 0. The molecule has 226 valence electrons. The highest BCUT2D eigenvalue weighted by Crippen LogP contribution is 2.67. The summed E-state index contributed by atoms with van der Waals surface area (Å²) in [5.41, 5.74) is -2.56. The van der Waals surface area contributed by atoms with Gasteiger partial charge in [0.2, 0.25) is 0 Å². The van der Waals surface area contributed by atoms with Crippen LogP contribution in [0.15, 0.2) is 12.7 Å². The lowest BCUT2D eigenvalue weighted by molar-refractivity contribution is -0.369. The fourth-order valence-electron chi connectivity index (χ4n) is 7.30. The van der Waals surface area contributed by atoms with Gasteiger partial charge in [0, 0.05) is 23.3 Å². The van der Waals surface area contributed by atoms with E-state index < -0.39 is 69.7 Å². The molecule has 3 aliphatic rings. The molecule has 0 aromatic rings. The number of aliphatic hydroxyl groups is 2. The first-order valence-electron chi connectivity index (χ1n) is 12.9. The van der Waals surface area contributed by atoms with Gasteiger partial charge in [-0.15, -0.1) is 19.0 Å². The van der Waals surface area contributed by atoms with E-state index in [0.29, 0.717) is 12.8 Å². The highest BCUT2D eigenvalue weighted by Gasteiger charge is 2.82. The Kier molecular flexibility index (Phi) is 9.86. The summed E-state index contributed by atoms with van der Waals surface area (Å²) in [5, 5.41) is 27.5. The second-order valence-corrected chi connectivity index (χ2v) is 13.3. The quantitative estimate of drug-likeness (QED) is 0.277. The standard InChI is InChI=1S/C27H44N2O8.ClH.H2O/c1-10-24(7)13-15(30)27(34)25(8)16(35-17(31)14-29-22(2,3)4)11-12-23(5,6)19(25)18(32)20(36-21(28)33)26(27,9)37-24;;/h10,16,18-20,29,32,34H,1,11-14H2,2-9H3,(H2,28,33);1H;1H2/t16-,18+,19-,20-,24-,25-,26+,27+;;/m0../s1. The van der Waals surface area contributed by atoms with E-state index in [1.54, 1.807) is 13.8 Å². The van der Waals surface area contributed by atoms with Gasteiger partial charge in [-0.05, 0) is 52.9 Å². The number of nitrogens with one attached hydrogen (secondary N) is 1. The lowest BCUT2D eigenvalue weighted by Gasteiger charge is -2.71. The zero-order valence-electron chi connectivity index (χ0n) is 24.3. The molecule has 39 heavy (non-hydrogen) atoms. The van der Waals surface area contributed by atoms with Gasteiger partial charge in [-0.25, -0.2) is 4.79 Å². The number of fused-ring (bicyclic) bond motifs is 3. The van der Waals surface area contributed by atoms with E-state index in [1.165, 1.54) is 13.0 Å². The number of rotatable bonds is 5. The fraction of sp³-hybridized carbons (Fsp3) is 0.815. The van der Waals surface area contributed by atoms with Crippen molar-refractivity contribution < 1.29 is 44.3 Å². The van der Waals surface area contributed by atoms with Crippen molar-refractivity contribution in [1.82, 2.24) is 5.32 Å². The topological polar surface area (TPSA) is 189 Å². The van der Waals surface area contributed by atoms with Crippen LogP contribution in [-0.2, 0) is 23.8 Å². The van der Waals surface area contributed by atoms with E-state index in [9.17, 15) is 24.6 Å². The Balaban J connectivity index is 0.00000380. The monoisotopic (exact) mass is 578 g/mol. The third-order valence-corrected chi connectivity index (χ3v) is 8.97. The van der Waals surface area contributed by atoms with Crippen LogP contribution >= 0.6 is 12.4 Å². The highest BCUT2D eigenvalue weighted by molar-refractivity contribution is 5.92. The molecule has 1 saturated heterocycles. The van der Waals surface area contributed by atoms with Gasteiger partial charge in [-0.2, -0.15) is 0 Å². The van der Waals surface area contributed by atoms with Crippen molar-refractivity contribution in [3.8, 4) is 0 Å². The summed E-state index contributed by atoms with van der Waals surface area (Å²) in [6.45, 7) is 18.0. The maximum absolute atomic E-state index is 14.0. The normalized spacial score (nSPS) is 41.0. The van der Waals surface area contributed by atoms with Crippen LogP contribution in [0.5, 0.6) is 0 Å². The molecule has 3 fully saturated rings. The first-order valence-corrected chi connectivity index (χ1v) is 12.9. The second kappa shape index (κ2) is 10.9. The van der Waals surface area contributed by atoms with E-state index in [1.807, 2.05) is 34.6 Å². The van der Waals surface area contributed by atoms with E-state index in [4.69, 9.17) is 19.9 Å². The van der Waals surface area contributed by atoms with Crippen molar-refractivity contribution >= 4 is 30.3 Å². The molecule has 12 heteroatoms. The lowest BCUT2D eigenvalue weighted by atomic mass is 9.39. The third kappa shape index (κ3) is 5.46. The number of hydrogen-bond acceptors (Lipinski definition) is 9. The van der Waals surface area contributed by atoms with Crippen LogP contribution in [0.2, 0.25) is 0 Å². The molecule has 1 heterocycles. The summed E-state index contributed by atoms with van der Waals surface area (Å²) in [4.78, 5) is 39.0. The number of ketones is 1. The molecule has 11 nitrogen and oxygen atoms in total. The Morgan fingerprint density at radius 3 is 2.26 bits per heavy atom. The Morgan fingerprint density at radius 1 is 1.21 bits per heavy atom. The van der Waals surface area contributed by atoms with Gasteiger partial charge in [0.05, 0.1) is 18.2 Å². The van der Waals surface area contributed by atoms with Crippen molar-refractivity contribution in [3.05, 3.63) is 12.7 Å². The smallest absolute Gasteiger partial charge is 0.404 e. The SMILES string of the molecule is C=C[C@@]1(C)CC(=O)[C@@]2(O)[C@@]3(C)[C@@H](OC(=O)CNC(C)(C)C)CCC(C)(C)[C@@H]3[C@@H](O)[C@H](OC(N)=O)[C@@]2(C)O1.Cl.O. The lowest BCUT2D eigenvalue weighted by Crippen LogP contribution is -2.87. The number of esters is 1. The predicted octanol–water partition coefficient (Wildman–Crippen LogP) is 1.59. The van der Waals surface area contributed by atoms with E-state index >= 15 is 0 Å². The first kappa shape index (κ1) is 35.3. The minimum Gasteiger partial charge on any atom is -0.461 e. The molecule has 0 aromatic carbocycles. The van der Waals surface area contributed by atoms with Gasteiger partial charge in [-0.3, -0.25) is 9.59 Å². The minimum atomic E-state index is -2.31. The van der Waals surface area contributed by atoms with Crippen molar-refractivity contribution in [2.24, 2.45) is 22.5 Å². The van der Waals surface area contributed by atoms with Crippen LogP contribution in [0.25, 0.3) is 0 Å². The number of primary amides is 1. The molecule has 0 unspecified atom stereocenters. The van der Waals surface area contributed by atoms with Gasteiger partial charge in [0.1, 0.15) is 11.7 Å². The van der Waals surface area contributed by atoms with E-state index in [0.717, 1.165) is 0 Å². The minimum absolute atomic E-state index is 0. The van der Waals surface area contributed by atoms with Gasteiger partial charge in [0.25, 0.3) is 0 Å². The summed E-state index contributed by atoms with van der Waals surface area (Å²) in [5.74, 6) is -1.95. The zero-order chi connectivity index (χ0) is 28.4. The van der Waals surface area contributed by atoms with Crippen LogP contribution in [0.4, 0.5) is 4.79 Å². The number of aliphatic hydroxyl groups excluding tert-OH is 1. The molecule has 8 atom stereocenters. The predicted molar refractivity (Wildman–Crippen MR) is 146 cm³/mol. The summed E-state index contributed by atoms with van der Waals surface area (Å²) < 4.78 is 17.7. The Labute approximate surface area is 236 Å². The number of ether oxygens (including phenoxy) is 3. The Morgan fingerprint density at radius 2 is 1.77 bits per heavy atom. The molecule has 0 spiro atoms. The summed E-state index contributed by atoms with van der Waals surface area (Å²) in [6, 6.07) is 0. The number of carbonyl (C=O) groups excluding carboxylic acids is 3. The molecule has 1 aliphatic heterocycles. The molecule has 2 aliphatic carbocycles. The molecular weight excluding hydrogens is 532 g/mol. The molecule has 0 bridgehead atoms. The van der Waals surface area contributed by atoms with Crippen LogP contribution in [0.3, 0.4) is 0 Å². The molecule has 0 aromatic heterocycles. The number of carbonyl (C=O) groups is 3. The number of Topliss-reactive ketones (excluding diaryl/α,β-unsaturated/α-hetero) is 1. The number of hydrogen-bond donors (Lipinski definition) is 4. The van der Waals surface area contributed by atoms with Crippen LogP contribution in [-0.4, -0.2) is 80.7 Å². The van der Waals surface area contributed by atoms with Crippen molar-refractivity contribution in [1.29, 1.82) is 0 Å². The van der Waals surface area contributed by atoms with Crippen LogP contribution in [0.1, 0.15) is 74.7 Å². The molecule has 7 N–H and O–H groups in total. The van der Waals surface area contributed by atoms with E-state index in [2.05, 4.69) is 11.9 Å². The van der Waals surface area contributed by atoms with E-state index in [-0.39, 0.29) is 36.4 Å². The van der Waals surface area contributed by atoms with Gasteiger partial charge in [-0.1, -0.05) is 26.8 Å². The zero-order valence-corrected chi connectivity index (χ0v) is 25.1. The molecular formula is C27H47ClN2O9. The average molecular weight is 579 g/mol. The number of nitrogens with two attached hydrogens (primary N) is 1. The van der Waals surface area contributed by atoms with Crippen molar-refractivity contribution in [2.75, 3.05) is 6.54 Å². The third-order valence-electron chi connectivity index (χ3n) is 8.97. The number of amides is 1. The molecule has 0 radical (unpaired) electrons. The fourth-order valence-corrected chi connectivity index (χ4v) is 7.30. The largest absolute Gasteiger partial charge is 0.461 e. The molecule has 2 saturated carbocycles. The maximum atomic E-state index is 14.0. The Hall–Kier alpha value is -1.76. The van der Waals surface area contributed by atoms with Crippen LogP contribution in [0, 0.1) is 16.7 Å². The highest BCUT2D eigenvalue weighted by atomic mass is 35.5. The summed E-state index contributed by atoms with van der Waals surface area (Å²) in [6.07, 6.45) is -2.89. The average Bonchev–Trinajstić information content (AvgIpc) is 2.74. The summed E-state index contributed by atoms with van der Waals surface area (Å²) in [7, 11) is 0.